The van der Waals surface area contributed by atoms with Crippen LogP contribution in [0.2, 0.25) is 0 Å². The quantitative estimate of drug-likeness (QED) is 0.313. The summed E-state index contributed by atoms with van der Waals surface area (Å²) >= 11 is 0. The van der Waals surface area contributed by atoms with Crippen LogP contribution < -0.4 is 24.0 Å². The van der Waals surface area contributed by atoms with E-state index in [1.165, 1.54) is 13.8 Å². The van der Waals surface area contributed by atoms with Crippen LogP contribution in [0.5, 0.6) is 0 Å². The first-order chi connectivity index (χ1) is 3.46. The maximum Gasteiger partial charge on any atom is 1.00 e. The largest absolute Gasteiger partial charge is 1.00 e. The van der Waals surface area contributed by atoms with E-state index in [-0.39, 0.29) is 24.6 Å². The zero-order valence-corrected chi connectivity index (χ0v) is 6.22. The maximum atomic E-state index is 9.44. The van der Waals surface area contributed by atoms with Gasteiger partial charge in [0.2, 0.25) is 0 Å². The van der Waals surface area contributed by atoms with E-state index in [0.29, 0.717) is 0 Å². The average molecular weight is 124 g/mol. The number of carbonyl (C=O) groups is 2. The molecule has 0 saturated carbocycles. The number of aliphatic carboxylic acids is 1. The van der Waals surface area contributed by atoms with Gasteiger partial charge in [-0.05, 0) is 20.8 Å². The zero-order chi connectivity index (χ0) is 7.15. The van der Waals surface area contributed by atoms with Crippen LogP contribution in [0, 0.1) is 0 Å². The molecular weight excluding hydrogens is 115 g/mol. The number of carboxylic acids is 1. The molecular formula is C5H9LiO3. The molecule has 0 aliphatic rings. The van der Waals surface area contributed by atoms with Gasteiger partial charge < -0.3 is 14.7 Å². The maximum absolute atomic E-state index is 9.44. The van der Waals surface area contributed by atoms with Gasteiger partial charge in [-0.1, -0.05) is 0 Å². The van der Waals surface area contributed by atoms with Crippen molar-refractivity contribution < 1.29 is 33.6 Å². The normalized spacial score (nSPS) is 5.67. The van der Waals surface area contributed by atoms with Gasteiger partial charge in [-0.25, -0.2) is 0 Å². The van der Waals surface area contributed by atoms with Crippen LogP contribution in [0.25, 0.3) is 0 Å². The molecule has 0 fully saturated rings. The Bertz CT molecular complexity index is 70.2. The topological polar surface area (TPSA) is 57.2 Å². The van der Waals surface area contributed by atoms with Gasteiger partial charge in [0.1, 0.15) is 5.78 Å². The fourth-order valence-electron chi connectivity index (χ4n) is 0. The van der Waals surface area contributed by atoms with Gasteiger partial charge in [0.15, 0.2) is 0 Å². The van der Waals surface area contributed by atoms with Crippen LogP contribution in [-0.4, -0.2) is 11.8 Å². The van der Waals surface area contributed by atoms with Crippen molar-refractivity contribution in [3.63, 3.8) is 0 Å². The number of carbonyl (C=O) groups excluding carboxylic acids is 2. The van der Waals surface area contributed by atoms with E-state index in [2.05, 4.69) is 0 Å². The van der Waals surface area contributed by atoms with E-state index >= 15 is 0 Å². The van der Waals surface area contributed by atoms with Crippen molar-refractivity contribution in [2.45, 2.75) is 20.8 Å². The molecule has 0 atom stereocenters. The van der Waals surface area contributed by atoms with Crippen LogP contribution in [-0.2, 0) is 9.59 Å². The summed E-state index contributed by atoms with van der Waals surface area (Å²) in [5.41, 5.74) is 0. The Morgan fingerprint density at radius 3 is 1.11 bits per heavy atom. The van der Waals surface area contributed by atoms with Gasteiger partial charge in [-0.15, -0.1) is 0 Å². The van der Waals surface area contributed by atoms with Crippen LogP contribution in [0.3, 0.4) is 0 Å². The standard InChI is InChI=1S/C3H6O.C2H4O2.Li/c1-3(2)4;1-2(3)4;/h1-2H3;1H3,(H,3,4);/q;;+1/p-1. The number of rotatable bonds is 0. The number of hydrogen-bond acceptors (Lipinski definition) is 3. The molecule has 0 aromatic heterocycles. The molecule has 0 radical (unpaired) electrons. The van der Waals surface area contributed by atoms with Crippen molar-refractivity contribution >= 4 is 11.8 Å². The summed E-state index contributed by atoms with van der Waals surface area (Å²) in [6.07, 6.45) is 0. The number of carboxylic acid groups (broad SMARTS) is 1. The van der Waals surface area contributed by atoms with E-state index in [9.17, 15) is 4.79 Å². The molecule has 0 N–H and O–H groups in total. The Hall–Kier alpha value is -0.263. The molecule has 0 unspecified atom stereocenters. The average Bonchev–Trinajstić information content (AvgIpc) is 1.25. The summed E-state index contributed by atoms with van der Waals surface area (Å²) in [7, 11) is 0. The smallest absolute Gasteiger partial charge is 0.550 e. The predicted octanol–water partition coefficient (Wildman–Crippen LogP) is -3.64. The summed E-state index contributed by atoms with van der Waals surface area (Å²) in [6, 6.07) is 0. The summed E-state index contributed by atoms with van der Waals surface area (Å²) in [4.78, 5) is 18.3. The van der Waals surface area contributed by atoms with E-state index in [1.54, 1.807) is 0 Å². The van der Waals surface area contributed by atoms with E-state index in [0.717, 1.165) is 6.92 Å². The fourth-order valence-corrected chi connectivity index (χ4v) is 0. The first-order valence-corrected chi connectivity index (χ1v) is 2.11. The third-order valence-electron chi connectivity index (χ3n) is 0. The number of hydrogen-bond donors (Lipinski definition) is 0. The molecule has 0 saturated heterocycles. The fraction of sp³-hybridized carbons (Fsp3) is 0.600. The summed E-state index contributed by atoms with van der Waals surface area (Å²) in [5.74, 6) is -0.917. The second-order valence-electron chi connectivity index (χ2n) is 1.40. The van der Waals surface area contributed by atoms with Crippen LogP contribution in [0.1, 0.15) is 20.8 Å². The van der Waals surface area contributed by atoms with Crippen molar-refractivity contribution in [2.24, 2.45) is 0 Å². The van der Waals surface area contributed by atoms with Crippen molar-refractivity contribution in [1.82, 2.24) is 0 Å². The molecule has 0 amide bonds. The van der Waals surface area contributed by atoms with Crippen molar-refractivity contribution in [3.8, 4) is 0 Å². The minimum absolute atomic E-state index is 0. The van der Waals surface area contributed by atoms with Crippen LogP contribution >= 0.6 is 0 Å². The first kappa shape index (κ1) is 15.9. The second kappa shape index (κ2) is 10.7. The van der Waals surface area contributed by atoms with Crippen molar-refractivity contribution in [3.05, 3.63) is 0 Å². The molecule has 0 aromatic rings. The summed E-state index contributed by atoms with van der Waals surface area (Å²) in [5, 5.41) is 8.89. The van der Waals surface area contributed by atoms with Crippen LogP contribution in [0.15, 0.2) is 0 Å². The summed E-state index contributed by atoms with van der Waals surface area (Å²) in [6.45, 7) is 4.03. The Morgan fingerprint density at radius 1 is 1.11 bits per heavy atom. The van der Waals surface area contributed by atoms with Gasteiger partial charge in [0.05, 0.1) is 0 Å². The van der Waals surface area contributed by atoms with Gasteiger partial charge in [-0.3, -0.25) is 0 Å². The van der Waals surface area contributed by atoms with Gasteiger partial charge in [-0.2, -0.15) is 0 Å². The molecule has 4 heteroatoms. The number of ketones is 1. The molecule has 9 heavy (non-hydrogen) atoms. The Balaban J connectivity index is -0.0000000720. The molecule has 0 spiro atoms. The van der Waals surface area contributed by atoms with E-state index in [1.807, 2.05) is 0 Å². The van der Waals surface area contributed by atoms with Gasteiger partial charge >= 0.3 is 18.9 Å². The van der Waals surface area contributed by atoms with Crippen LogP contribution in [0.4, 0.5) is 0 Å². The zero-order valence-electron chi connectivity index (χ0n) is 6.22. The molecule has 3 nitrogen and oxygen atoms in total. The molecule has 0 aliphatic carbocycles. The van der Waals surface area contributed by atoms with Gasteiger partial charge in [0.25, 0.3) is 0 Å². The van der Waals surface area contributed by atoms with E-state index in [4.69, 9.17) is 9.90 Å². The molecule has 0 rings (SSSR count). The Kier molecular flexibility index (Phi) is 18.8. The van der Waals surface area contributed by atoms with E-state index < -0.39 is 5.97 Å². The molecule has 48 valence electrons. The molecule has 0 aromatic carbocycles. The Labute approximate surface area is 66.6 Å². The summed E-state index contributed by atoms with van der Waals surface area (Å²) < 4.78 is 0. The third-order valence-corrected chi connectivity index (χ3v) is 0. The van der Waals surface area contributed by atoms with Gasteiger partial charge in [0, 0.05) is 5.97 Å². The molecule has 0 heterocycles. The minimum atomic E-state index is -1.08. The molecule has 0 bridgehead atoms. The minimum Gasteiger partial charge on any atom is -0.550 e. The van der Waals surface area contributed by atoms with Crippen molar-refractivity contribution in [2.75, 3.05) is 0 Å². The first-order valence-electron chi connectivity index (χ1n) is 2.11. The predicted molar refractivity (Wildman–Crippen MR) is 27.0 cm³/mol. The SMILES string of the molecule is CC(=O)[O-].CC(C)=O.[Li+]. The monoisotopic (exact) mass is 124 g/mol. The van der Waals surface area contributed by atoms with Crippen molar-refractivity contribution in [1.29, 1.82) is 0 Å². The number of Topliss-reactive ketones (excluding diaryl/α,β-unsaturated/α-hetero) is 1. The molecule has 0 aliphatic heterocycles. The third kappa shape index (κ3) is 3690. The Morgan fingerprint density at radius 2 is 1.11 bits per heavy atom. The second-order valence-corrected chi connectivity index (χ2v) is 1.40.